The number of rotatable bonds is 2. The summed E-state index contributed by atoms with van der Waals surface area (Å²) in [4.78, 5) is 14.3. The molecule has 0 amide bonds. The topological polar surface area (TPSA) is 32.9 Å². The SMILES string of the molecule is Cc1[nH]c2ccccc2c1C(=O)C(F)(F)Cl. The van der Waals surface area contributed by atoms with Crippen molar-refractivity contribution in [2.24, 2.45) is 0 Å². The number of hydrogen-bond acceptors (Lipinski definition) is 1. The van der Waals surface area contributed by atoms with Crippen molar-refractivity contribution in [3.63, 3.8) is 0 Å². The number of fused-ring (bicyclic) bond motifs is 1. The zero-order valence-corrected chi connectivity index (χ0v) is 9.11. The van der Waals surface area contributed by atoms with E-state index in [2.05, 4.69) is 4.98 Å². The Morgan fingerprint density at radius 2 is 2.00 bits per heavy atom. The summed E-state index contributed by atoms with van der Waals surface area (Å²) in [6, 6.07) is 6.75. The number of Topliss-reactive ketones (excluding diaryl/α,β-unsaturated/α-hetero) is 1. The molecule has 0 bridgehead atoms. The van der Waals surface area contributed by atoms with Crippen LogP contribution in [0.15, 0.2) is 24.3 Å². The van der Waals surface area contributed by atoms with E-state index < -0.39 is 11.2 Å². The summed E-state index contributed by atoms with van der Waals surface area (Å²) in [5.41, 5.74) is 0.992. The van der Waals surface area contributed by atoms with Crippen LogP contribution in [0.4, 0.5) is 8.78 Å². The Balaban J connectivity index is 2.69. The molecule has 0 aliphatic heterocycles. The van der Waals surface area contributed by atoms with Gasteiger partial charge in [0.2, 0.25) is 0 Å². The Bertz CT molecular complexity index is 557. The number of aromatic nitrogens is 1. The van der Waals surface area contributed by atoms with Gasteiger partial charge in [0.25, 0.3) is 5.78 Å². The molecule has 0 spiro atoms. The zero-order chi connectivity index (χ0) is 11.9. The first-order valence-electron chi connectivity index (χ1n) is 4.60. The molecule has 1 aromatic carbocycles. The minimum atomic E-state index is -3.87. The van der Waals surface area contributed by atoms with Crippen LogP contribution in [-0.2, 0) is 0 Å². The highest BCUT2D eigenvalue weighted by Crippen LogP contribution is 2.30. The Kier molecular flexibility index (Phi) is 2.46. The molecule has 1 N–H and O–H groups in total. The summed E-state index contributed by atoms with van der Waals surface area (Å²) < 4.78 is 25.6. The maximum Gasteiger partial charge on any atom is 0.385 e. The maximum absolute atomic E-state index is 12.8. The van der Waals surface area contributed by atoms with E-state index in [1.165, 1.54) is 0 Å². The molecule has 0 fully saturated rings. The number of aromatic amines is 1. The average molecular weight is 244 g/mol. The highest BCUT2D eigenvalue weighted by molar-refractivity contribution is 6.36. The van der Waals surface area contributed by atoms with Gasteiger partial charge in [-0.05, 0) is 24.6 Å². The second kappa shape index (κ2) is 3.56. The lowest BCUT2D eigenvalue weighted by Crippen LogP contribution is -2.21. The van der Waals surface area contributed by atoms with Gasteiger partial charge >= 0.3 is 5.38 Å². The van der Waals surface area contributed by atoms with Crippen molar-refractivity contribution in [2.75, 3.05) is 0 Å². The van der Waals surface area contributed by atoms with E-state index in [4.69, 9.17) is 11.6 Å². The van der Waals surface area contributed by atoms with Gasteiger partial charge in [0.1, 0.15) is 0 Å². The fourth-order valence-electron chi connectivity index (χ4n) is 1.71. The van der Waals surface area contributed by atoms with E-state index in [0.29, 0.717) is 16.6 Å². The van der Waals surface area contributed by atoms with Crippen LogP contribution in [0.2, 0.25) is 0 Å². The molecule has 0 saturated heterocycles. The summed E-state index contributed by atoms with van der Waals surface area (Å²) >= 11 is 4.75. The minimum absolute atomic E-state index is 0.0457. The van der Waals surface area contributed by atoms with Gasteiger partial charge < -0.3 is 4.98 Å². The summed E-state index contributed by atoms with van der Waals surface area (Å²) in [6.45, 7) is 1.57. The summed E-state index contributed by atoms with van der Waals surface area (Å²) in [5, 5.41) is -3.40. The molecular formula is C11H8ClF2NO. The van der Waals surface area contributed by atoms with E-state index in [9.17, 15) is 13.6 Å². The largest absolute Gasteiger partial charge is 0.385 e. The van der Waals surface area contributed by atoms with Crippen LogP contribution in [0.3, 0.4) is 0 Å². The number of ketones is 1. The van der Waals surface area contributed by atoms with Crippen molar-refractivity contribution >= 4 is 28.3 Å². The number of carbonyl (C=O) groups is 1. The van der Waals surface area contributed by atoms with Crippen LogP contribution in [0.25, 0.3) is 10.9 Å². The van der Waals surface area contributed by atoms with Crippen LogP contribution in [0, 0.1) is 6.92 Å². The van der Waals surface area contributed by atoms with Gasteiger partial charge in [0.15, 0.2) is 0 Å². The smallest absolute Gasteiger partial charge is 0.358 e. The third kappa shape index (κ3) is 1.69. The molecule has 5 heteroatoms. The number of aryl methyl sites for hydroxylation is 1. The van der Waals surface area contributed by atoms with Crippen molar-refractivity contribution in [3.8, 4) is 0 Å². The molecule has 0 unspecified atom stereocenters. The van der Waals surface area contributed by atoms with Crippen molar-refractivity contribution in [1.29, 1.82) is 0 Å². The van der Waals surface area contributed by atoms with Crippen molar-refractivity contribution in [3.05, 3.63) is 35.5 Å². The quantitative estimate of drug-likeness (QED) is 0.636. The van der Waals surface area contributed by atoms with Gasteiger partial charge in [-0.15, -0.1) is 0 Å². The molecule has 0 atom stereocenters. The number of H-pyrrole nitrogens is 1. The first-order chi connectivity index (χ1) is 7.41. The number of hydrogen-bond donors (Lipinski definition) is 1. The predicted octanol–water partition coefficient (Wildman–Crippen LogP) is 3.49. The molecule has 84 valence electrons. The minimum Gasteiger partial charge on any atom is -0.358 e. The molecule has 0 aliphatic carbocycles. The maximum atomic E-state index is 12.8. The molecular weight excluding hydrogens is 236 g/mol. The molecule has 1 aromatic heterocycles. The Morgan fingerprint density at radius 3 is 2.62 bits per heavy atom. The number of nitrogens with one attached hydrogen (secondary N) is 1. The molecule has 2 aromatic rings. The molecule has 0 aliphatic rings. The van der Waals surface area contributed by atoms with Gasteiger partial charge in [0, 0.05) is 16.6 Å². The van der Waals surface area contributed by atoms with Crippen LogP contribution in [0.1, 0.15) is 16.1 Å². The third-order valence-electron chi connectivity index (χ3n) is 2.38. The predicted molar refractivity (Wildman–Crippen MR) is 58.2 cm³/mol. The second-order valence-electron chi connectivity index (χ2n) is 3.50. The number of halogens is 3. The van der Waals surface area contributed by atoms with Crippen LogP contribution < -0.4 is 0 Å². The number of benzene rings is 1. The van der Waals surface area contributed by atoms with Crippen molar-refractivity contribution in [2.45, 2.75) is 12.3 Å². The van der Waals surface area contributed by atoms with Gasteiger partial charge in [0.05, 0.1) is 5.56 Å². The van der Waals surface area contributed by atoms with E-state index in [-0.39, 0.29) is 5.56 Å². The summed E-state index contributed by atoms with van der Waals surface area (Å²) in [7, 11) is 0. The normalized spacial score (nSPS) is 12.0. The highest BCUT2D eigenvalue weighted by atomic mass is 35.5. The average Bonchev–Trinajstić information content (AvgIpc) is 2.51. The molecule has 0 saturated carbocycles. The highest BCUT2D eigenvalue weighted by Gasteiger charge is 2.38. The van der Waals surface area contributed by atoms with Gasteiger partial charge in [-0.2, -0.15) is 8.78 Å². The van der Waals surface area contributed by atoms with E-state index >= 15 is 0 Å². The van der Waals surface area contributed by atoms with Crippen LogP contribution in [0.5, 0.6) is 0 Å². The molecule has 1 heterocycles. The molecule has 16 heavy (non-hydrogen) atoms. The lowest BCUT2D eigenvalue weighted by atomic mass is 10.1. The standard InChI is InChI=1S/C11H8ClF2NO/c1-6-9(10(16)11(12,13)14)7-4-2-3-5-8(7)15-6/h2-5,15H,1H3. The molecule has 2 nitrogen and oxygen atoms in total. The van der Waals surface area contributed by atoms with Crippen molar-refractivity contribution in [1.82, 2.24) is 4.98 Å². The zero-order valence-electron chi connectivity index (χ0n) is 8.35. The fraction of sp³-hybridized carbons (Fsp3) is 0.182. The Morgan fingerprint density at radius 1 is 1.38 bits per heavy atom. The van der Waals surface area contributed by atoms with E-state index in [1.807, 2.05) is 0 Å². The second-order valence-corrected chi connectivity index (χ2v) is 3.97. The first-order valence-corrected chi connectivity index (χ1v) is 4.98. The lowest BCUT2D eigenvalue weighted by molar-refractivity contribution is 0.0537. The van der Waals surface area contributed by atoms with Crippen LogP contribution in [-0.4, -0.2) is 16.1 Å². The summed E-state index contributed by atoms with van der Waals surface area (Å²) in [6.07, 6.45) is 0. The number of para-hydroxylation sites is 1. The number of carbonyl (C=O) groups excluding carboxylic acids is 1. The molecule has 0 radical (unpaired) electrons. The Labute approximate surface area is 95.2 Å². The van der Waals surface area contributed by atoms with Crippen molar-refractivity contribution < 1.29 is 13.6 Å². The van der Waals surface area contributed by atoms with E-state index in [1.54, 1.807) is 31.2 Å². The van der Waals surface area contributed by atoms with E-state index in [0.717, 1.165) is 0 Å². The summed E-state index contributed by atoms with van der Waals surface area (Å²) in [5.74, 6) is -1.37. The first kappa shape index (κ1) is 11.1. The number of alkyl halides is 3. The van der Waals surface area contributed by atoms with Crippen LogP contribution >= 0.6 is 11.6 Å². The van der Waals surface area contributed by atoms with Gasteiger partial charge in [-0.3, -0.25) is 4.79 Å². The fourth-order valence-corrected chi connectivity index (χ4v) is 1.81. The van der Waals surface area contributed by atoms with Gasteiger partial charge in [-0.25, -0.2) is 0 Å². The Hall–Kier alpha value is -1.42. The third-order valence-corrected chi connectivity index (χ3v) is 2.55. The molecule has 2 rings (SSSR count). The lowest BCUT2D eigenvalue weighted by Gasteiger charge is -2.06. The monoisotopic (exact) mass is 243 g/mol. The van der Waals surface area contributed by atoms with Gasteiger partial charge in [-0.1, -0.05) is 18.2 Å².